The highest BCUT2D eigenvalue weighted by Crippen LogP contribution is 2.31. The summed E-state index contributed by atoms with van der Waals surface area (Å²) in [5.74, 6) is -0.985. The molecule has 2 aromatic carbocycles. The molecule has 0 aliphatic rings. The smallest absolute Gasteiger partial charge is 0.240 e. The Morgan fingerprint density at radius 2 is 2.00 bits per heavy atom. The number of H-pyrrole nitrogens is 1. The molecular formula is C18H18FN3O4S. The number of aromatic amines is 1. The number of fused-ring (bicyclic) bond motifs is 1. The molecule has 0 radical (unpaired) electrons. The highest BCUT2D eigenvalue weighted by atomic mass is 32.2. The van der Waals surface area contributed by atoms with Gasteiger partial charge in [0.1, 0.15) is 5.82 Å². The van der Waals surface area contributed by atoms with Crippen molar-refractivity contribution in [2.45, 2.75) is 17.9 Å². The first-order valence-corrected chi connectivity index (χ1v) is 9.59. The van der Waals surface area contributed by atoms with Gasteiger partial charge in [0, 0.05) is 35.6 Å². The van der Waals surface area contributed by atoms with Crippen LogP contribution in [-0.4, -0.2) is 31.0 Å². The van der Waals surface area contributed by atoms with Gasteiger partial charge < -0.3 is 15.8 Å². The summed E-state index contributed by atoms with van der Waals surface area (Å²) in [6, 6.07) is 8.89. The topological polar surface area (TPSA) is 125 Å². The van der Waals surface area contributed by atoms with Crippen molar-refractivity contribution in [1.82, 2.24) is 9.71 Å². The Labute approximate surface area is 155 Å². The molecule has 1 heterocycles. The fourth-order valence-electron chi connectivity index (χ4n) is 2.86. The van der Waals surface area contributed by atoms with Crippen LogP contribution < -0.4 is 10.5 Å². The summed E-state index contributed by atoms with van der Waals surface area (Å²) < 4.78 is 40.5. The van der Waals surface area contributed by atoms with Gasteiger partial charge in [0.05, 0.1) is 11.5 Å². The lowest BCUT2D eigenvalue weighted by atomic mass is 10.0. The van der Waals surface area contributed by atoms with Gasteiger partial charge in [0.2, 0.25) is 15.9 Å². The summed E-state index contributed by atoms with van der Waals surface area (Å²) in [7, 11) is -3.91. The zero-order valence-electron chi connectivity index (χ0n) is 14.2. The molecule has 142 valence electrons. The Balaban J connectivity index is 1.97. The lowest BCUT2D eigenvalue weighted by Crippen LogP contribution is -2.28. The predicted molar refractivity (Wildman–Crippen MR) is 98.6 cm³/mol. The highest BCUT2D eigenvalue weighted by Gasteiger charge is 2.19. The molecule has 0 aliphatic heterocycles. The Hall–Kier alpha value is -2.75. The average molecular weight is 391 g/mol. The summed E-state index contributed by atoms with van der Waals surface area (Å²) in [4.78, 5) is 13.7. The minimum Gasteiger partial charge on any atom is -0.392 e. The normalized spacial score (nSPS) is 11.8. The van der Waals surface area contributed by atoms with Crippen molar-refractivity contribution >= 4 is 26.8 Å². The number of halogens is 1. The molecule has 1 aromatic heterocycles. The quantitative estimate of drug-likeness (QED) is 0.488. The summed E-state index contributed by atoms with van der Waals surface area (Å²) in [6.45, 7) is -0.616. The van der Waals surface area contributed by atoms with Crippen molar-refractivity contribution in [1.29, 1.82) is 0 Å². The number of aromatic nitrogens is 1. The molecule has 0 saturated carbocycles. The van der Waals surface area contributed by atoms with Gasteiger partial charge in [-0.1, -0.05) is 6.07 Å². The second kappa shape index (κ2) is 7.47. The lowest BCUT2D eigenvalue weighted by Gasteiger charge is -2.11. The van der Waals surface area contributed by atoms with E-state index in [0.717, 1.165) is 10.9 Å². The maximum Gasteiger partial charge on any atom is 0.240 e. The first-order chi connectivity index (χ1) is 12.8. The van der Waals surface area contributed by atoms with E-state index in [2.05, 4.69) is 9.71 Å². The molecule has 0 fully saturated rings. The predicted octanol–water partition coefficient (Wildman–Crippen LogP) is 1.62. The van der Waals surface area contributed by atoms with Gasteiger partial charge in [-0.25, -0.2) is 17.5 Å². The molecule has 0 atom stereocenters. The number of rotatable bonds is 7. The number of primary amides is 1. The van der Waals surface area contributed by atoms with Crippen LogP contribution in [0.25, 0.3) is 22.0 Å². The largest absolute Gasteiger partial charge is 0.392 e. The van der Waals surface area contributed by atoms with E-state index >= 15 is 0 Å². The Morgan fingerprint density at radius 1 is 1.22 bits per heavy atom. The third-order valence-corrected chi connectivity index (χ3v) is 5.70. The molecule has 0 unspecified atom stereocenters. The number of hydrogen-bond acceptors (Lipinski definition) is 4. The summed E-state index contributed by atoms with van der Waals surface area (Å²) in [5.41, 5.74) is 7.25. The number of aliphatic hydroxyl groups is 1. The molecule has 0 aliphatic carbocycles. The zero-order chi connectivity index (χ0) is 19.6. The maximum atomic E-state index is 13.3. The Kier molecular flexibility index (Phi) is 5.26. The van der Waals surface area contributed by atoms with Gasteiger partial charge in [-0.05, 0) is 41.5 Å². The van der Waals surface area contributed by atoms with E-state index in [1.165, 1.54) is 18.2 Å². The second-order valence-electron chi connectivity index (χ2n) is 5.99. The van der Waals surface area contributed by atoms with Crippen LogP contribution in [0.5, 0.6) is 0 Å². The molecule has 5 N–H and O–H groups in total. The molecule has 0 bridgehead atoms. The zero-order valence-corrected chi connectivity index (χ0v) is 15.0. The third kappa shape index (κ3) is 4.00. The Morgan fingerprint density at radius 3 is 2.70 bits per heavy atom. The van der Waals surface area contributed by atoms with Crippen molar-refractivity contribution in [2.24, 2.45) is 5.73 Å². The van der Waals surface area contributed by atoms with Crippen LogP contribution in [0.1, 0.15) is 12.0 Å². The van der Waals surface area contributed by atoms with Crippen LogP contribution in [0, 0.1) is 5.82 Å². The van der Waals surface area contributed by atoms with Gasteiger partial charge in [-0.3, -0.25) is 4.79 Å². The van der Waals surface area contributed by atoms with Crippen molar-refractivity contribution in [3.05, 3.63) is 54.0 Å². The first kappa shape index (κ1) is 19.0. The van der Waals surface area contributed by atoms with E-state index in [1.54, 1.807) is 24.4 Å². The number of carbonyl (C=O) groups excluding carboxylic acids is 1. The van der Waals surface area contributed by atoms with E-state index in [4.69, 9.17) is 5.73 Å². The van der Waals surface area contributed by atoms with E-state index < -0.39 is 22.5 Å². The van der Waals surface area contributed by atoms with Crippen molar-refractivity contribution in [3.8, 4) is 11.1 Å². The standard InChI is InChI=1S/C18H18FN3O4S/c19-13-2-3-14-15(9-21-16(14)8-13)11-1-4-17(12(7-11)10-23)27(25,26)22-6-5-18(20)24/h1-4,7-9,21-23H,5-6,10H2,(H2,20,24). The van der Waals surface area contributed by atoms with E-state index in [0.29, 0.717) is 11.1 Å². The van der Waals surface area contributed by atoms with Gasteiger partial charge in [-0.15, -0.1) is 0 Å². The van der Waals surface area contributed by atoms with Crippen LogP contribution in [0.15, 0.2) is 47.5 Å². The van der Waals surface area contributed by atoms with Crippen molar-refractivity contribution < 1.29 is 22.7 Å². The molecular weight excluding hydrogens is 373 g/mol. The minimum absolute atomic E-state index is 0.0795. The highest BCUT2D eigenvalue weighted by molar-refractivity contribution is 7.89. The van der Waals surface area contributed by atoms with Crippen LogP contribution in [0.3, 0.4) is 0 Å². The minimum atomic E-state index is -3.91. The number of carbonyl (C=O) groups is 1. The first-order valence-electron chi connectivity index (χ1n) is 8.10. The fourth-order valence-corrected chi connectivity index (χ4v) is 4.10. The lowest BCUT2D eigenvalue weighted by molar-refractivity contribution is -0.117. The number of amides is 1. The molecule has 3 aromatic rings. The monoisotopic (exact) mass is 391 g/mol. The van der Waals surface area contributed by atoms with Crippen LogP contribution in [0.2, 0.25) is 0 Å². The summed E-state index contributed by atoms with van der Waals surface area (Å²) >= 11 is 0. The second-order valence-corrected chi connectivity index (χ2v) is 7.72. The number of nitrogens with one attached hydrogen (secondary N) is 2. The van der Waals surface area contributed by atoms with Gasteiger partial charge in [0.25, 0.3) is 0 Å². The number of nitrogens with two attached hydrogens (primary N) is 1. The third-order valence-electron chi connectivity index (χ3n) is 4.14. The molecule has 3 rings (SSSR count). The average Bonchev–Trinajstić information content (AvgIpc) is 3.03. The molecule has 7 nitrogen and oxygen atoms in total. The number of sulfonamides is 1. The Bertz CT molecular complexity index is 1110. The van der Waals surface area contributed by atoms with Gasteiger partial charge >= 0.3 is 0 Å². The number of benzene rings is 2. The van der Waals surface area contributed by atoms with E-state index in [9.17, 15) is 22.7 Å². The van der Waals surface area contributed by atoms with Crippen LogP contribution in [-0.2, 0) is 21.4 Å². The number of aliphatic hydroxyl groups excluding tert-OH is 1. The molecule has 1 amide bonds. The maximum absolute atomic E-state index is 13.3. The summed E-state index contributed by atoms with van der Waals surface area (Å²) in [6.07, 6.45) is 1.57. The van der Waals surface area contributed by atoms with Crippen molar-refractivity contribution in [3.63, 3.8) is 0 Å². The van der Waals surface area contributed by atoms with Crippen LogP contribution >= 0.6 is 0 Å². The SMILES string of the molecule is NC(=O)CCNS(=O)(=O)c1ccc(-c2c[nH]c3cc(F)ccc23)cc1CO. The molecule has 0 spiro atoms. The fraction of sp³-hybridized carbons (Fsp3) is 0.167. The molecule has 9 heteroatoms. The van der Waals surface area contributed by atoms with E-state index in [-0.39, 0.29) is 29.2 Å². The van der Waals surface area contributed by atoms with Crippen LogP contribution in [0.4, 0.5) is 4.39 Å². The molecule has 27 heavy (non-hydrogen) atoms. The van der Waals surface area contributed by atoms with Gasteiger partial charge in [0.15, 0.2) is 0 Å². The summed E-state index contributed by atoms with van der Waals surface area (Å²) in [5, 5.41) is 10.4. The van der Waals surface area contributed by atoms with Crippen molar-refractivity contribution in [2.75, 3.05) is 6.54 Å². The molecule has 0 saturated heterocycles. The van der Waals surface area contributed by atoms with E-state index in [1.807, 2.05) is 0 Å². The number of hydrogen-bond donors (Lipinski definition) is 4. The van der Waals surface area contributed by atoms with Gasteiger partial charge in [-0.2, -0.15) is 0 Å².